The molecule has 0 unspecified atom stereocenters. The molecule has 1 aromatic heterocycles. The van der Waals surface area contributed by atoms with Crippen molar-refractivity contribution in [2.24, 2.45) is 7.05 Å². The van der Waals surface area contributed by atoms with Crippen molar-refractivity contribution in [3.63, 3.8) is 0 Å². The molecule has 0 atom stereocenters. The summed E-state index contributed by atoms with van der Waals surface area (Å²) in [6, 6.07) is 7.01. The Balaban J connectivity index is 2.31. The van der Waals surface area contributed by atoms with E-state index in [-0.39, 0.29) is 11.7 Å². The van der Waals surface area contributed by atoms with Gasteiger partial charge >= 0.3 is 0 Å². The van der Waals surface area contributed by atoms with E-state index in [2.05, 4.69) is 10.4 Å². The molecule has 0 spiro atoms. The van der Waals surface area contributed by atoms with Crippen molar-refractivity contribution in [3.8, 4) is 6.07 Å². The molecule has 2 rings (SSSR count). The molecule has 0 fully saturated rings. The van der Waals surface area contributed by atoms with E-state index in [1.54, 1.807) is 31.4 Å². The van der Waals surface area contributed by atoms with Gasteiger partial charge in [-0.25, -0.2) is 0 Å². The molecule has 1 aromatic carbocycles. The van der Waals surface area contributed by atoms with Gasteiger partial charge in [-0.15, -0.1) is 0 Å². The number of benzene rings is 1. The van der Waals surface area contributed by atoms with Crippen LogP contribution >= 0.6 is 34.2 Å². The van der Waals surface area contributed by atoms with Crippen molar-refractivity contribution < 1.29 is 4.79 Å². The molecule has 0 saturated heterocycles. The molecule has 96 valence electrons. The first-order valence-electron chi connectivity index (χ1n) is 5.21. The number of amides is 1. The van der Waals surface area contributed by atoms with Crippen LogP contribution in [0.25, 0.3) is 0 Å². The molecule has 7 heteroatoms. The number of aryl methyl sites for hydroxylation is 1. The van der Waals surface area contributed by atoms with Gasteiger partial charge in [0.1, 0.15) is 11.6 Å². The van der Waals surface area contributed by atoms with Gasteiger partial charge in [-0.2, -0.15) is 10.4 Å². The third kappa shape index (κ3) is 3.05. The summed E-state index contributed by atoms with van der Waals surface area (Å²) in [5, 5.41) is 16.1. The summed E-state index contributed by atoms with van der Waals surface area (Å²) < 4.78 is 2.24. The molecule has 0 radical (unpaired) electrons. The maximum Gasteiger partial charge on any atom is 0.258 e. The van der Waals surface area contributed by atoms with E-state index in [0.29, 0.717) is 16.1 Å². The first-order valence-corrected chi connectivity index (χ1v) is 6.67. The van der Waals surface area contributed by atoms with E-state index >= 15 is 0 Å². The van der Waals surface area contributed by atoms with E-state index in [1.807, 2.05) is 28.7 Å². The van der Waals surface area contributed by atoms with E-state index < -0.39 is 0 Å². The highest BCUT2D eigenvalue weighted by atomic mass is 127. The molecule has 19 heavy (non-hydrogen) atoms. The number of nitriles is 1. The Morgan fingerprint density at radius 2 is 2.32 bits per heavy atom. The first kappa shape index (κ1) is 13.8. The second-order valence-corrected chi connectivity index (χ2v) is 5.35. The maximum absolute atomic E-state index is 12.1. The van der Waals surface area contributed by atoms with Crippen molar-refractivity contribution in [3.05, 3.63) is 44.1 Å². The van der Waals surface area contributed by atoms with Gasteiger partial charge in [-0.3, -0.25) is 9.48 Å². The number of nitrogens with zero attached hydrogens (tertiary/aromatic N) is 3. The van der Waals surface area contributed by atoms with Crippen molar-refractivity contribution >= 4 is 45.9 Å². The second-order valence-electron chi connectivity index (χ2n) is 3.76. The Bertz CT molecular complexity index is 690. The Morgan fingerprint density at radius 3 is 3.00 bits per heavy atom. The minimum absolute atomic E-state index is 0.241. The summed E-state index contributed by atoms with van der Waals surface area (Å²) in [5.74, 6) is -0.104. The molecule has 1 amide bonds. The van der Waals surface area contributed by atoms with Crippen molar-refractivity contribution in [2.75, 3.05) is 5.32 Å². The summed E-state index contributed by atoms with van der Waals surface area (Å²) >= 11 is 7.92. The third-order valence-electron chi connectivity index (χ3n) is 2.35. The number of halogens is 2. The lowest BCUT2D eigenvalue weighted by Crippen LogP contribution is -2.14. The normalized spacial score (nSPS) is 10.0. The monoisotopic (exact) mass is 386 g/mol. The van der Waals surface area contributed by atoms with Crippen LogP contribution in [0.4, 0.5) is 5.82 Å². The van der Waals surface area contributed by atoms with E-state index in [4.69, 9.17) is 16.9 Å². The lowest BCUT2D eigenvalue weighted by Gasteiger charge is -2.05. The van der Waals surface area contributed by atoms with Gasteiger partial charge in [0.25, 0.3) is 5.91 Å². The molecule has 1 N–H and O–H groups in total. The Hall–Kier alpha value is -1.59. The number of hydrogen-bond acceptors (Lipinski definition) is 3. The lowest BCUT2D eigenvalue weighted by molar-refractivity contribution is 0.102. The van der Waals surface area contributed by atoms with E-state index in [0.717, 1.165) is 3.57 Å². The van der Waals surface area contributed by atoms with Crippen LogP contribution < -0.4 is 5.32 Å². The van der Waals surface area contributed by atoms with Gasteiger partial charge in [-0.1, -0.05) is 11.6 Å². The largest absolute Gasteiger partial charge is 0.304 e. The van der Waals surface area contributed by atoms with Crippen LogP contribution in [0.1, 0.15) is 15.9 Å². The van der Waals surface area contributed by atoms with Crippen molar-refractivity contribution in [2.45, 2.75) is 0 Å². The molecule has 0 aliphatic rings. The Kier molecular flexibility index (Phi) is 4.07. The van der Waals surface area contributed by atoms with Crippen molar-refractivity contribution in [1.82, 2.24) is 9.78 Å². The molecule has 0 bridgehead atoms. The highest BCUT2D eigenvalue weighted by Crippen LogP contribution is 2.20. The number of carbonyl (C=O) groups excluding carboxylic acids is 1. The molecule has 0 aliphatic carbocycles. The van der Waals surface area contributed by atoms with Crippen LogP contribution in [0.2, 0.25) is 5.02 Å². The lowest BCUT2D eigenvalue weighted by atomic mass is 10.2. The molecule has 1 heterocycles. The fourth-order valence-corrected chi connectivity index (χ4v) is 2.26. The molecule has 0 aliphatic heterocycles. The SMILES string of the molecule is Cn1cc(C#N)c(NC(=O)c2cc(Cl)ccc2I)n1. The van der Waals surface area contributed by atoms with E-state index in [1.165, 1.54) is 4.68 Å². The predicted molar refractivity (Wildman–Crippen MR) is 80.0 cm³/mol. The van der Waals surface area contributed by atoms with Crippen LogP contribution in [0.15, 0.2) is 24.4 Å². The number of nitrogens with one attached hydrogen (secondary N) is 1. The smallest absolute Gasteiger partial charge is 0.258 e. The van der Waals surface area contributed by atoms with Gasteiger partial charge in [0.15, 0.2) is 5.82 Å². The number of rotatable bonds is 2. The summed E-state index contributed by atoms with van der Waals surface area (Å²) in [5.41, 5.74) is 0.760. The van der Waals surface area contributed by atoms with Crippen LogP contribution in [-0.2, 0) is 7.05 Å². The molecule has 0 saturated carbocycles. The van der Waals surface area contributed by atoms with Gasteiger partial charge in [-0.05, 0) is 40.8 Å². The Labute approximate surface area is 128 Å². The summed E-state index contributed by atoms with van der Waals surface area (Å²) in [6.07, 6.45) is 1.54. The number of aromatic nitrogens is 2. The van der Waals surface area contributed by atoms with Gasteiger partial charge in [0.05, 0.1) is 5.56 Å². The minimum Gasteiger partial charge on any atom is -0.304 e. The van der Waals surface area contributed by atoms with Crippen LogP contribution in [0.3, 0.4) is 0 Å². The molecule has 5 nitrogen and oxygen atoms in total. The topological polar surface area (TPSA) is 70.7 Å². The van der Waals surface area contributed by atoms with Crippen LogP contribution in [0, 0.1) is 14.9 Å². The summed E-state index contributed by atoms with van der Waals surface area (Å²) in [7, 11) is 1.68. The molecular weight excluding hydrogens is 379 g/mol. The predicted octanol–water partition coefficient (Wildman–Crippen LogP) is 2.80. The third-order valence-corrected chi connectivity index (χ3v) is 3.53. The van der Waals surface area contributed by atoms with Crippen LogP contribution in [-0.4, -0.2) is 15.7 Å². The molecule has 2 aromatic rings. The summed E-state index contributed by atoms with van der Waals surface area (Å²) in [4.78, 5) is 12.1. The number of hydrogen-bond donors (Lipinski definition) is 1. The zero-order chi connectivity index (χ0) is 14.0. The number of anilines is 1. The van der Waals surface area contributed by atoms with Gasteiger partial charge in [0.2, 0.25) is 0 Å². The first-order chi connectivity index (χ1) is 9.01. The zero-order valence-electron chi connectivity index (χ0n) is 9.82. The maximum atomic E-state index is 12.1. The van der Waals surface area contributed by atoms with Crippen molar-refractivity contribution in [1.29, 1.82) is 5.26 Å². The highest BCUT2D eigenvalue weighted by Gasteiger charge is 2.15. The number of carbonyl (C=O) groups is 1. The Morgan fingerprint density at radius 1 is 1.58 bits per heavy atom. The second kappa shape index (κ2) is 5.59. The van der Waals surface area contributed by atoms with Gasteiger partial charge in [0, 0.05) is 21.8 Å². The zero-order valence-corrected chi connectivity index (χ0v) is 12.7. The molecular formula is C12H8ClIN4O. The fraction of sp³-hybridized carbons (Fsp3) is 0.0833. The summed E-state index contributed by atoms with van der Waals surface area (Å²) in [6.45, 7) is 0. The highest BCUT2D eigenvalue weighted by molar-refractivity contribution is 14.1. The average molecular weight is 387 g/mol. The fourth-order valence-electron chi connectivity index (χ4n) is 1.51. The van der Waals surface area contributed by atoms with Gasteiger partial charge < -0.3 is 5.32 Å². The van der Waals surface area contributed by atoms with Crippen LogP contribution in [0.5, 0.6) is 0 Å². The quantitative estimate of drug-likeness (QED) is 0.807. The van der Waals surface area contributed by atoms with E-state index in [9.17, 15) is 4.79 Å². The standard InChI is InChI=1S/C12H8ClIN4O/c1-18-6-7(5-15)11(17-18)16-12(19)9-4-8(13)2-3-10(9)14/h2-4,6H,1H3,(H,16,17,19). The average Bonchev–Trinajstić information content (AvgIpc) is 2.72. The minimum atomic E-state index is -0.345.